The highest BCUT2D eigenvalue weighted by molar-refractivity contribution is 5.76. The van der Waals surface area contributed by atoms with Crippen molar-refractivity contribution >= 4 is 5.91 Å². The van der Waals surface area contributed by atoms with Crippen molar-refractivity contribution in [2.75, 3.05) is 13.1 Å². The molecule has 0 bridgehead atoms. The predicted octanol–water partition coefficient (Wildman–Crippen LogP) is 2.30. The Balaban J connectivity index is 1.76. The van der Waals surface area contributed by atoms with Gasteiger partial charge in [-0.3, -0.25) is 4.79 Å². The highest BCUT2D eigenvalue weighted by Gasteiger charge is 2.20. The number of hydrogen-bond acceptors (Lipinski definition) is 2. The number of amides is 1. The molecule has 2 N–H and O–H groups in total. The summed E-state index contributed by atoms with van der Waals surface area (Å²) in [4.78, 5) is 12.0. The molecule has 2 rings (SSSR count). The maximum atomic E-state index is 12.0. The van der Waals surface area contributed by atoms with E-state index >= 15 is 0 Å². The summed E-state index contributed by atoms with van der Waals surface area (Å²) in [6.07, 6.45) is 3.95. The van der Waals surface area contributed by atoms with Crippen molar-refractivity contribution in [1.29, 1.82) is 0 Å². The molecule has 1 amide bonds. The van der Waals surface area contributed by atoms with Gasteiger partial charge in [-0.1, -0.05) is 31.2 Å². The number of nitrogens with one attached hydrogen (secondary N) is 2. The van der Waals surface area contributed by atoms with E-state index in [4.69, 9.17) is 0 Å². The molecule has 0 spiro atoms. The number of likely N-dealkylation sites (N-methyl/N-ethyl adjacent to an activating group) is 1. The molecule has 0 saturated carbocycles. The summed E-state index contributed by atoms with van der Waals surface area (Å²) in [5.41, 5.74) is 2.89. The number of carbonyl (C=O) groups is 1. The maximum absolute atomic E-state index is 12.0. The van der Waals surface area contributed by atoms with Gasteiger partial charge in [-0.25, -0.2) is 0 Å². The van der Waals surface area contributed by atoms with Crippen LogP contribution >= 0.6 is 0 Å². The summed E-state index contributed by atoms with van der Waals surface area (Å²) < 4.78 is 0. The fourth-order valence-corrected chi connectivity index (χ4v) is 2.97. The van der Waals surface area contributed by atoms with Crippen molar-refractivity contribution in [3.63, 3.8) is 0 Å². The molecule has 0 radical (unpaired) electrons. The Morgan fingerprint density at radius 1 is 1.35 bits per heavy atom. The third-order valence-corrected chi connectivity index (χ3v) is 4.08. The maximum Gasteiger partial charge on any atom is 0.220 e. The first-order valence-electron chi connectivity index (χ1n) is 7.76. The number of hydrogen-bond donors (Lipinski definition) is 2. The van der Waals surface area contributed by atoms with Crippen LogP contribution in [0.4, 0.5) is 0 Å². The van der Waals surface area contributed by atoms with Gasteiger partial charge in [-0.2, -0.15) is 0 Å². The quantitative estimate of drug-likeness (QED) is 0.835. The third kappa shape index (κ3) is 4.34. The van der Waals surface area contributed by atoms with Crippen LogP contribution in [0.1, 0.15) is 37.8 Å². The van der Waals surface area contributed by atoms with Gasteiger partial charge in [0.15, 0.2) is 0 Å². The molecule has 1 aromatic carbocycles. The smallest absolute Gasteiger partial charge is 0.220 e. The molecule has 0 fully saturated rings. The fourth-order valence-electron chi connectivity index (χ4n) is 2.97. The Labute approximate surface area is 122 Å². The van der Waals surface area contributed by atoms with E-state index in [-0.39, 0.29) is 5.91 Å². The van der Waals surface area contributed by atoms with E-state index in [2.05, 4.69) is 48.7 Å². The van der Waals surface area contributed by atoms with E-state index < -0.39 is 0 Å². The highest BCUT2D eigenvalue weighted by atomic mass is 16.1. The van der Waals surface area contributed by atoms with Crippen LogP contribution in [0.3, 0.4) is 0 Å². The second kappa shape index (κ2) is 7.44. The number of benzene rings is 1. The Kier molecular flexibility index (Phi) is 5.60. The van der Waals surface area contributed by atoms with Gasteiger partial charge < -0.3 is 10.6 Å². The SMILES string of the molecule is CCN[C@H](C)CNC(=O)CC1CCc2ccccc2C1. The molecule has 0 heterocycles. The first kappa shape index (κ1) is 15.0. The van der Waals surface area contributed by atoms with E-state index in [1.165, 1.54) is 11.1 Å². The average molecular weight is 274 g/mol. The molecule has 1 aromatic rings. The lowest BCUT2D eigenvalue weighted by atomic mass is 9.82. The van der Waals surface area contributed by atoms with Gasteiger partial charge in [-0.15, -0.1) is 0 Å². The molecule has 0 aromatic heterocycles. The Hall–Kier alpha value is -1.35. The molecular formula is C17H26N2O. The van der Waals surface area contributed by atoms with Crippen molar-refractivity contribution < 1.29 is 4.79 Å². The lowest BCUT2D eigenvalue weighted by Crippen LogP contribution is -2.39. The van der Waals surface area contributed by atoms with E-state index in [1.54, 1.807) is 0 Å². The van der Waals surface area contributed by atoms with Gasteiger partial charge >= 0.3 is 0 Å². The highest BCUT2D eigenvalue weighted by Crippen LogP contribution is 2.27. The minimum Gasteiger partial charge on any atom is -0.355 e. The molecule has 3 heteroatoms. The standard InChI is InChI=1S/C17H26N2O/c1-3-18-13(2)12-19-17(20)11-14-8-9-15-6-4-5-7-16(15)10-14/h4-7,13-14,18H,3,8-12H2,1-2H3,(H,19,20)/t13-,14?/m1/s1. The minimum absolute atomic E-state index is 0.194. The molecule has 1 aliphatic rings. The van der Waals surface area contributed by atoms with Crippen LogP contribution in [0.2, 0.25) is 0 Å². The number of fused-ring (bicyclic) bond motifs is 1. The summed E-state index contributed by atoms with van der Waals surface area (Å²) in [6, 6.07) is 8.96. The van der Waals surface area contributed by atoms with Crippen molar-refractivity contribution in [3.8, 4) is 0 Å². The van der Waals surface area contributed by atoms with Crippen molar-refractivity contribution in [3.05, 3.63) is 35.4 Å². The zero-order valence-electron chi connectivity index (χ0n) is 12.6. The molecule has 20 heavy (non-hydrogen) atoms. The molecule has 110 valence electrons. The van der Waals surface area contributed by atoms with Crippen molar-refractivity contribution in [2.24, 2.45) is 5.92 Å². The first-order valence-corrected chi connectivity index (χ1v) is 7.76. The summed E-state index contributed by atoms with van der Waals surface area (Å²) in [5, 5.41) is 6.34. The Bertz CT molecular complexity index is 444. The van der Waals surface area contributed by atoms with Crippen LogP contribution in [-0.2, 0) is 17.6 Å². The second-order valence-corrected chi connectivity index (χ2v) is 5.84. The van der Waals surface area contributed by atoms with Gasteiger partial charge in [0.25, 0.3) is 0 Å². The normalized spacial score (nSPS) is 19.2. The second-order valence-electron chi connectivity index (χ2n) is 5.84. The Morgan fingerprint density at radius 2 is 2.10 bits per heavy atom. The van der Waals surface area contributed by atoms with E-state index in [1.807, 2.05) is 0 Å². The van der Waals surface area contributed by atoms with E-state index in [0.717, 1.165) is 32.4 Å². The van der Waals surface area contributed by atoms with Gasteiger partial charge in [0.2, 0.25) is 5.91 Å². The monoisotopic (exact) mass is 274 g/mol. The van der Waals surface area contributed by atoms with Crippen LogP contribution in [0.25, 0.3) is 0 Å². The number of aryl methyl sites for hydroxylation is 1. The molecule has 0 saturated heterocycles. The topological polar surface area (TPSA) is 41.1 Å². The predicted molar refractivity (Wildman–Crippen MR) is 82.7 cm³/mol. The minimum atomic E-state index is 0.194. The van der Waals surface area contributed by atoms with Gasteiger partial charge in [0.1, 0.15) is 0 Å². The van der Waals surface area contributed by atoms with Crippen LogP contribution in [0, 0.1) is 5.92 Å². The fraction of sp³-hybridized carbons (Fsp3) is 0.588. The van der Waals surface area contributed by atoms with Crippen LogP contribution < -0.4 is 10.6 Å². The molecule has 0 aliphatic heterocycles. The molecule has 2 atom stereocenters. The summed E-state index contributed by atoms with van der Waals surface area (Å²) in [7, 11) is 0. The molecular weight excluding hydrogens is 248 g/mol. The first-order chi connectivity index (χ1) is 9.69. The summed E-state index contributed by atoms with van der Waals surface area (Å²) in [5.74, 6) is 0.693. The Morgan fingerprint density at radius 3 is 2.85 bits per heavy atom. The van der Waals surface area contributed by atoms with Crippen molar-refractivity contribution in [2.45, 2.75) is 45.6 Å². The summed E-state index contributed by atoms with van der Waals surface area (Å²) in [6.45, 7) is 5.84. The largest absolute Gasteiger partial charge is 0.355 e. The average Bonchev–Trinajstić information content (AvgIpc) is 2.45. The zero-order valence-corrected chi connectivity index (χ0v) is 12.6. The number of rotatable bonds is 6. The van der Waals surface area contributed by atoms with Crippen LogP contribution in [0.5, 0.6) is 0 Å². The third-order valence-electron chi connectivity index (χ3n) is 4.08. The lowest BCUT2D eigenvalue weighted by molar-refractivity contribution is -0.122. The van der Waals surface area contributed by atoms with Gasteiger partial charge in [0, 0.05) is 19.0 Å². The van der Waals surface area contributed by atoms with Crippen LogP contribution in [0.15, 0.2) is 24.3 Å². The summed E-state index contributed by atoms with van der Waals surface area (Å²) >= 11 is 0. The van der Waals surface area contributed by atoms with Crippen molar-refractivity contribution in [1.82, 2.24) is 10.6 Å². The molecule has 1 unspecified atom stereocenters. The van der Waals surface area contributed by atoms with Gasteiger partial charge in [-0.05, 0) is 49.8 Å². The zero-order chi connectivity index (χ0) is 14.4. The van der Waals surface area contributed by atoms with Crippen LogP contribution in [-0.4, -0.2) is 25.0 Å². The molecule has 1 aliphatic carbocycles. The molecule has 3 nitrogen and oxygen atoms in total. The number of carbonyl (C=O) groups excluding carboxylic acids is 1. The van der Waals surface area contributed by atoms with E-state index in [0.29, 0.717) is 18.4 Å². The lowest BCUT2D eigenvalue weighted by Gasteiger charge is -2.24. The van der Waals surface area contributed by atoms with E-state index in [9.17, 15) is 4.79 Å². The van der Waals surface area contributed by atoms with Gasteiger partial charge in [0.05, 0.1) is 0 Å².